The lowest BCUT2D eigenvalue weighted by atomic mass is 9.67. The van der Waals surface area contributed by atoms with Crippen LogP contribution in [0.3, 0.4) is 0 Å². The van der Waals surface area contributed by atoms with E-state index in [1.54, 1.807) is 7.11 Å². The Morgan fingerprint density at radius 3 is 3.06 bits per heavy atom. The van der Waals surface area contributed by atoms with Gasteiger partial charge in [-0.15, -0.1) is 0 Å². The molecule has 0 aromatic carbocycles. The van der Waals surface area contributed by atoms with Gasteiger partial charge in [0.2, 0.25) is 0 Å². The molecule has 2 heteroatoms. The summed E-state index contributed by atoms with van der Waals surface area (Å²) in [5.74, 6) is 1.92. The molecule has 3 aliphatic carbocycles. The molecule has 0 heterocycles. The fraction of sp³-hybridized carbons (Fsp3) is 0.357. The van der Waals surface area contributed by atoms with Crippen LogP contribution < -0.4 is 0 Å². The highest BCUT2D eigenvalue weighted by atomic mass is 16.5. The summed E-state index contributed by atoms with van der Waals surface area (Å²) in [5, 5.41) is 0. The standard InChI is InChI=1S/C14H14O2/c1-16-13-8-6-9-5-7-12(15)10-3-2-4-11(13)14(9)10/h2-4,6,8-9,14H,5,7H2,1H3. The molecule has 82 valence electrons. The fourth-order valence-corrected chi connectivity index (χ4v) is 2.90. The monoisotopic (exact) mass is 214 g/mol. The van der Waals surface area contributed by atoms with Gasteiger partial charge in [-0.05, 0) is 18.4 Å². The van der Waals surface area contributed by atoms with Crippen LogP contribution in [0.25, 0.3) is 0 Å². The minimum atomic E-state index is 0.242. The van der Waals surface area contributed by atoms with Crippen molar-refractivity contribution in [3.05, 3.63) is 47.3 Å². The predicted octanol–water partition coefficient (Wildman–Crippen LogP) is 2.55. The smallest absolute Gasteiger partial charge is 0.159 e. The molecule has 3 rings (SSSR count). The normalized spacial score (nSPS) is 31.3. The van der Waals surface area contributed by atoms with Gasteiger partial charge in [0.1, 0.15) is 5.76 Å². The fourth-order valence-electron chi connectivity index (χ4n) is 2.90. The molecule has 0 aromatic heterocycles. The van der Waals surface area contributed by atoms with Crippen LogP contribution in [-0.4, -0.2) is 12.9 Å². The molecule has 2 atom stereocenters. The lowest BCUT2D eigenvalue weighted by molar-refractivity contribution is -0.117. The predicted molar refractivity (Wildman–Crippen MR) is 61.6 cm³/mol. The SMILES string of the molecule is COC1=C2C=CC=C3C(=O)CCC(C=C1)C32. The molecule has 0 bridgehead atoms. The average molecular weight is 214 g/mol. The van der Waals surface area contributed by atoms with Crippen molar-refractivity contribution in [2.75, 3.05) is 7.11 Å². The van der Waals surface area contributed by atoms with Crippen LogP contribution in [0.1, 0.15) is 12.8 Å². The van der Waals surface area contributed by atoms with E-state index in [0.717, 1.165) is 17.8 Å². The van der Waals surface area contributed by atoms with Gasteiger partial charge in [0, 0.05) is 23.5 Å². The Balaban J connectivity index is 2.13. The minimum absolute atomic E-state index is 0.242. The lowest BCUT2D eigenvalue weighted by Gasteiger charge is -2.36. The van der Waals surface area contributed by atoms with Gasteiger partial charge in [-0.2, -0.15) is 0 Å². The van der Waals surface area contributed by atoms with Gasteiger partial charge in [-0.25, -0.2) is 0 Å². The quantitative estimate of drug-likeness (QED) is 0.670. The summed E-state index contributed by atoms with van der Waals surface area (Å²) in [6.45, 7) is 0. The molecule has 2 unspecified atom stereocenters. The molecule has 0 spiro atoms. The third-order valence-electron chi connectivity index (χ3n) is 3.68. The second-order valence-corrected chi connectivity index (χ2v) is 4.47. The summed E-state index contributed by atoms with van der Waals surface area (Å²) in [5.41, 5.74) is 2.13. The van der Waals surface area contributed by atoms with E-state index in [0.29, 0.717) is 18.1 Å². The Kier molecular flexibility index (Phi) is 2.10. The average Bonchev–Trinajstić information content (AvgIpc) is 2.34. The van der Waals surface area contributed by atoms with E-state index < -0.39 is 0 Å². The van der Waals surface area contributed by atoms with Gasteiger partial charge in [0.05, 0.1) is 7.11 Å². The summed E-state index contributed by atoms with van der Waals surface area (Å²) in [7, 11) is 1.68. The van der Waals surface area contributed by atoms with Gasteiger partial charge in [0.25, 0.3) is 0 Å². The molecular formula is C14H14O2. The molecule has 0 aliphatic heterocycles. The highest BCUT2D eigenvalue weighted by Crippen LogP contribution is 2.44. The van der Waals surface area contributed by atoms with Crippen LogP contribution in [0.4, 0.5) is 0 Å². The van der Waals surface area contributed by atoms with Gasteiger partial charge in [-0.3, -0.25) is 4.79 Å². The van der Waals surface area contributed by atoms with E-state index in [1.807, 2.05) is 18.2 Å². The van der Waals surface area contributed by atoms with E-state index >= 15 is 0 Å². The first kappa shape index (κ1) is 9.64. The summed E-state index contributed by atoms with van der Waals surface area (Å²) in [6, 6.07) is 0. The molecule has 0 radical (unpaired) electrons. The zero-order chi connectivity index (χ0) is 11.1. The van der Waals surface area contributed by atoms with Crippen molar-refractivity contribution in [2.24, 2.45) is 11.8 Å². The maximum absolute atomic E-state index is 11.9. The van der Waals surface area contributed by atoms with E-state index in [9.17, 15) is 4.79 Å². The number of rotatable bonds is 1. The minimum Gasteiger partial charge on any atom is -0.496 e. The van der Waals surface area contributed by atoms with Crippen molar-refractivity contribution < 1.29 is 9.53 Å². The number of methoxy groups -OCH3 is 1. The zero-order valence-corrected chi connectivity index (χ0v) is 9.27. The van der Waals surface area contributed by atoms with Crippen molar-refractivity contribution in [3.63, 3.8) is 0 Å². The Morgan fingerprint density at radius 1 is 1.38 bits per heavy atom. The number of Topliss-reactive ketones (excluding diaryl/α,β-unsaturated/α-hetero) is 1. The molecular weight excluding hydrogens is 200 g/mol. The van der Waals surface area contributed by atoms with Crippen LogP contribution in [0, 0.1) is 11.8 Å². The molecule has 2 nitrogen and oxygen atoms in total. The first-order chi connectivity index (χ1) is 7.81. The first-order valence-electron chi connectivity index (χ1n) is 5.69. The maximum Gasteiger partial charge on any atom is 0.159 e. The largest absolute Gasteiger partial charge is 0.496 e. The Bertz CT molecular complexity index is 463. The van der Waals surface area contributed by atoms with Gasteiger partial charge in [0.15, 0.2) is 5.78 Å². The highest BCUT2D eigenvalue weighted by molar-refractivity contribution is 5.98. The number of carbonyl (C=O) groups is 1. The van der Waals surface area contributed by atoms with Crippen LogP contribution in [0.2, 0.25) is 0 Å². The summed E-state index contributed by atoms with van der Waals surface area (Å²) < 4.78 is 5.36. The summed E-state index contributed by atoms with van der Waals surface area (Å²) in [4.78, 5) is 11.9. The van der Waals surface area contributed by atoms with Crippen molar-refractivity contribution in [2.45, 2.75) is 12.8 Å². The van der Waals surface area contributed by atoms with E-state index in [2.05, 4.69) is 12.2 Å². The molecule has 1 fully saturated rings. The van der Waals surface area contributed by atoms with Gasteiger partial charge < -0.3 is 4.74 Å². The maximum atomic E-state index is 11.9. The first-order valence-corrected chi connectivity index (χ1v) is 5.69. The van der Waals surface area contributed by atoms with E-state index in [4.69, 9.17) is 4.74 Å². The lowest BCUT2D eigenvalue weighted by Crippen LogP contribution is -2.31. The Hall–Kier alpha value is -1.57. The van der Waals surface area contributed by atoms with E-state index in [1.165, 1.54) is 5.57 Å². The van der Waals surface area contributed by atoms with Crippen molar-refractivity contribution in [1.29, 1.82) is 0 Å². The summed E-state index contributed by atoms with van der Waals surface area (Å²) >= 11 is 0. The number of ether oxygens (including phenoxy) is 1. The Morgan fingerprint density at radius 2 is 2.25 bits per heavy atom. The van der Waals surface area contributed by atoms with Crippen LogP contribution >= 0.6 is 0 Å². The molecule has 0 N–H and O–H groups in total. The second kappa shape index (κ2) is 3.48. The highest BCUT2D eigenvalue weighted by Gasteiger charge is 2.38. The van der Waals surface area contributed by atoms with Crippen LogP contribution in [-0.2, 0) is 9.53 Å². The number of allylic oxidation sites excluding steroid dienone is 7. The molecule has 0 amide bonds. The van der Waals surface area contributed by atoms with Crippen molar-refractivity contribution >= 4 is 5.78 Å². The summed E-state index contributed by atoms with van der Waals surface area (Å²) in [6.07, 6.45) is 11.9. The molecule has 3 aliphatic rings. The third-order valence-corrected chi connectivity index (χ3v) is 3.68. The molecule has 1 saturated carbocycles. The van der Waals surface area contributed by atoms with Crippen LogP contribution in [0.15, 0.2) is 47.3 Å². The number of carbonyl (C=O) groups excluding carboxylic acids is 1. The Labute approximate surface area is 95.0 Å². The number of ketones is 1. The zero-order valence-electron chi connectivity index (χ0n) is 9.27. The van der Waals surface area contributed by atoms with Crippen molar-refractivity contribution in [1.82, 2.24) is 0 Å². The molecule has 0 aromatic rings. The number of hydrogen-bond donors (Lipinski definition) is 0. The molecule has 16 heavy (non-hydrogen) atoms. The van der Waals surface area contributed by atoms with Crippen LogP contribution in [0.5, 0.6) is 0 Å². The topological polar surface area (TPSA) is 26.3 Å². The van der Waals surface area contributed by atoms with E-state index in [-0.39, 0.29) is 5.92 Å². The van der Waals surface area contributed by atoms with Crippen molar-refractivity contribution in [3.8, 4) is 0 Å². The number of hydrogen-bond acceptors (Lipinski definition) is 2. The molecule has 0 saturated heterocycles. The second-order valence-electron chi connectivity index (χ2n) is 4.47. The van der Waals surface area contributed by atoms with Gasteiger partial charge >= 0.3 is 0 Å². The third kappa shape index (κ3) is 1.22. The van der Waals surface area contributed by atoms with Gasteiger partial charge in [-0.1, -0.05) is 24.3 Å².